The number of carbonyl (C=O) groups excluding carboxylic acids is 1. The molecule has 0 aliphatic carbocycles. The Morgan fingerprint density at radius 2 is 2.00 bits per heavy atom. The van der Waals surface area contributed by atoms with E-state index in [2.05, 4.69) is 9.97 Å². The molecule has 0 bridgehead atoms. The van der Waals surface area contributed by atoms with Crippen LogP contribution in [0.25, 0.3) is 0 Å². The van der Waals surface area contributed by atoms with E-state index in [4.69, 9.17) is 4.74 Å². The van der Waals surface area contributed by atoms with Crippen LogP contribution in [0.15, 0.2) is 40.1 Å². The van der Waals surface area contributed by atoms with E-state index in [1.165, 1.54) is 6.20 Å². The first kappa shape index (κ1) is 18.9. The van der Waals surface area contributed by atoms with E-state index in [1.54, 1.807) is 31.2 Å². The number of anilines is 1. The minimum Gasteiger partial charge on any atom is -0.462 e. The predicted molar refractivity (Wildman–Crippen MR) is 98.8 cm³/mol. The second-order valence-electron chi connectivity index (χ2n) is 6.12. The van der Waals surface area contributed by atoms with Crippen LogP contribution < -0.4 is 16.1 Å². The van der Waals surface area contributed by atoms with Crippen LogP contribution in [0.5, 0.6) is 0 Å². The molecule has 0 spiro atoms. The molecule has 1 fully saturated rings. The normalized spacial score (nSPS) is 17.3. The van der Waals surface area contributed by atoms with Crippen LogP contribution in [0.3, 0.4) is 0 Å². The van der Waals surface area contributed by atoms with Crippen LogP contribution >= 0.6 is 0 Å². The molecule has 1 saturated heterocycles. The highest BCUT2D eigenvalue weighted by Gasteiger charge is 2.35. The van der Waals surface area contributed by atoms with Gasteiger partial charge in [0.05, 0.1) is 24.3 Å². The highest BCUT2D eigenvalue weighted by Crippen LogP contribution is 2.32. The number of esters is 1. The summed E-state index contributed by atoms with van der Waals surface area (Å²) in [7, 11) is 0. The minimum atomic E-state index is -0.569. The summed E-state index contributed by atoms with van der Waals surface area (Å²) < 4.78 is 4.99. The standard InChI is InChI=1S/C18H22N4O5/c1-2-27-17(25)12-3-5-13(6-4-12)22-8-7-21(9-10-23)16(22)14-11-19-18(26)20-15(14)24/h3-6,11,16,23H,2,7-10H2,1H3,(H2,19,20,24,26). The lowest BCUT2D eigenvalue weighted by Gasteiger charge is -2.31. The van der Waals surface area contributed by atoms with Crippen LogP contribution in [0.2, 0.25) is 0 Å². The van der Waals surface area contributed by atoms with E-state index in [0.717, 1.165) is 5.69 Å². The average molecular weight is 374 g/mol. The lowest BCUT2D eigenvalue weighted by atomic mass is 10.1. The van der Waals surface area contributed by atoms with Gasteiger partial charge in [0.2, 0.25) is 0 Å². The molecule has 2 heterocycles. The van der Waals surface area contributed by atoms with Crippen LogP contribution in [0, 0.1) is 0 Å². The topological polar surface area (TPSA) is 119 Å². The van der Waals surface area contributed by atoms with E-state index in [-0.39, 0.29) is 12.6 Å². The number of hydrogen-bond donors (Lipinski definition) is 3. The van der Waals surface area contributed by atoms with E-state index in [0.29, 0.717) is 37.4 Å². The molecule has 3 rings (SSSR count). The summed E-state index contributed by atoms with van der Waals surface area (Å²) in [5.41, 5.74) is 0.613. The summed E-state index contributed by atoms with van der Waals surface area (Å²) in [5.74, 6) is -0.388. The van der Waals surface area contributed by atoms with E-state index >= 15 is 0 Å². The fraction of sp³-hybridized carbons (Fsp3) is 0.389. The van der Waals surface area contributed by atoms with Crippen LogP contribution in [-0.2, 0) is 4.74 Å². The number of hydrogen-bond acceptors (Lipinski definition) is 7. The maximum Gasteiger partial charge on any atom is 0.338 e. The number of aromatic nitrogens is 2. The number of carbonyl (C=O) groups is 1. The van der Waals surface area contributed by atoms with Crippen LogP contribution in [0.1, 0.15) is 29.0 Å². The van der Waals surface area contributed by atoms with Gasteiger partial charge in [-0.2, -0.15) is 0 Å². The molecule has 2 aromatic rings. The first-order valence-corrected chi connectivity index (χ1v) is 8.75. The van der Waals surface area contributed by atoms with Gasteiger partial charge in [0.1, 0.15) is 6.17 Å². The van der Waals surface area contributed by atoms with Crippen molar-refractivity contribution in [1.29, 1.82) is 0 Å². The third-order valence-corrected chi connectivity index (χ3v) is 4.49. The molecule has 1 aliphatic heterocycles. The molecule has 0 amide bonds. The first-order valence-electron chi connectivity index (χ1n) is 8.75. The molecule has 1 unspecified atom stereocenters. The number of benzene rings is 1. The van der Waals surface area contributed by atoms with E-state index < -0.39 is 17.4 Å². The maximum absolute atomic E-state index is 12.3. The van der Waals surface area contributed by atoms with Crippen molar-refractivity contribution in [2.75, 3.05) is 37.7 Å². The van der Waals surface area contributed by atoms with Crippen molar-refractivity contribution in [2.24, 2.45) is 0 Å². The Morgan fingerprint density at radius 1 is 1.26 bits per heavy atom. The highest BCUT2D eigenvalue weighted by molar-refractivity contribution is 5.89. The fourth-order valence-electron chi connectivity index (χ4n) is 3.29. The van der Waals surface area contributed by atoms with Crippen molar-refractivity contribution in [1.82, 2.24) is 14.9 Å². The zero-order valence-corrected chi connectivity index (χ0v) is 15.0. The zero-order chi connectivity index (χ0) is 19.4. The number of rotatable bonds is 6. The molecule has 1 aromatic carbocycles. The van der Waals surface area contributed by atoms with Crippen molar-refractivity contribution in [3.8, 4) is 0 Å². The smallest absolute Gasteiger partial charge is 0.338 e. The van der Waals surface area contributed by atoms with Crippen LogP contribution in [-0.4, -0.2) is 58.8 Å². The van der Waals surface area contributed by atoms with Gasteiger partial charge in [-0.3, -0.25) is 14.7 Å². The summed E-state index contributed by atoms with van der Waals surface area (Å²) in [6, 6.07) is 6.94. The summed E-state index contributed by atoms with van der Waals surface area (Å²) in [5, 5.41) is 9.35. The number of aliphatic hydroxyl groups is 1. The predicted octanol–water partition coefficient (Wildman–Crippen LogP) is 0.0530. The van der Waals surface area contributed by atoms with Crippen molar-refractivity contribution < 1.29 is 14.6 Å². The molecule has 0 saturated carbocycles. The van der Waals surface area contributed by atoms with Gasteiger partial charge in [0, 0.05) is 31.5 Å². The average Bonchev–Trinajstić information content (AvgIpc) is 3.06. The molecular weight excluding hydrogens is 352 g/mol. The largest absolute Gasteiger partial charge is 0.462 e. The number of β-amino-alcohol motifs (C(OH)–C–C–N with tert-alkyl or cyclic N) is 1. The number of ether oxygens (including phenoxy) is 1. The Morgan fingerprint density at radius 3 is 2.63 bits per heavy atom. The lowest BCUT2D eigenvalue weighted by molar-refractivity contribution is 0.0526. The number of aromatic amines is 2. The second-order valence-corrected chi connectivity index (χ2v) is 6.12. The number of nitrogens with zero attached hydrogens (tertiary/aromatic N) is 2. The summed E-state index contributed by atoms with van der Waals surface area (Å²) >= 11 is 0. The molecule has 1 atom stereocenters. The van der Waals surface area contributed by atoms with Crippen molar-refractivity contribution >= 4 is 11.7 Å². The van der Waals surface area contributed by atoms with Crippen molar-refractivity contribution in [3.63, 3.8) is 0 Å². The van der Waals surface area contributed by atoms with Gasteiger partial charge in [-0.25, -0.2) is 9.59 Å². The lowest BCUT2D eigenvalue weighted by Crippen LogP contribution is -2.38. The molecule has 3 N–H and O–H groups in total. The molecule has 144 valence electrons. The first-order chi connectivity index (χ1) is 13.0. The molecule has 0 radical (unpaired) electrons. The Labute approximate surface area is 155 Å². The third kappa shape index (κ3) is 3.93. The van der Waals surface area contributed by atoms with E-state index in [1.807, 2.05) is 9.80 Å². The van der Waals surface area contributed by atoms with Gasteiger partial charge in [-0.1, -0.05) is 0 Å². The van der Waals surface area contributed by atoms with Gasteiger partial charge in [-0.15, -0.1) is 0 Å². The molecule has 9 heteroatoms. The van der Waals surface area contributed by atoms with Gasteiger partial charge >= 0.3 is 11.7 Å². The molecule has 9 nitrogen and oxygen atoms in total. The summed E-state index contributed by atoms with van der Waals surface area (Å²) in [6.45, 7) is 3.66. The maximum atomic E-state index is 12.3. The Kier molecular flexibility index (Phi) is 5.72. The number of H-pyrrole nitrogens is 2. The second kappa shape index (κ2) is 8.19. The molecule has 27 heavy (non-hydrogen) atoms. The van der Waals surface area contributed by atoms with Gasteiger partial charge < -0.3 is 19.7 Å². The van der Waals surface area contributed by atoms with Crippen LogP contribution in [0.4, 0.5) is 5.69 Å². The number of aliphatic hydroxyl groups excluding tert-OH is 1. The fourth-order valence-corrected chi connectivity index (χ4v) is 3.29. The SMILES string of the molecule is CCOC(=O)c1ccc(N2CCN(CCO)C2c2c[nH]c(=O)[nH]c2=O)cc1. The van der Waals surface area contributed by atoms with Crippen molar-refractivity contribution in [3.05, 3.63) is 62.4 Å². The van der Waals surface area contributed by atoms with Gasteiger partial charge in [0.25, 0.3) is 5.56 Å². The summed E-state index contributed by atoms with van der Waals surface area (Å²) in [6.07, 6.45) is 0.966. The van der Waals surface area contributed by atoms with E-state index in [9.17, 15) is 19.5 Å². The summed E-state index contributed by atoms with van der Waals surface area (Å²) in [4.78, 5) is 44.2. The Balaban J connectivity index is 1.94. The Hall–Kier alpha value is -2.91. The highest BCUT2D eigenvalue weighted by atomic mass is 16.5. The Bertz CT molecular complexity index is 905. The van der Waals surface area contributed by atoms with Crippen molar-refractivity contribution in [2.45, 2.75) is 13.1 Å². The quantitative estimate of drug-likeness (QED) is 0.612. The monoisotopic (exact) mass is 374 g/mol. The number of nitrogens with one attached hydrogen (secondary N) is 2. The molecule has 1 aromatic heterocycles. The minimum absolute atomic E-state index is 0.0482. The van der Waals surface area contributed by atoms with Gasteiger partial charge in [0.15, 0.2) is 0 Å². The third-order valence-electron chi connectivity index (χ3n) is 4.49. The van der Waals surface area contributed by atoms with Gasteiger partial charge in [-0.05, 0) is 31.2 Å². The molecular formula is C18H22N4O5. The molecule has 1 aliphatic rings. The zero-order valence-electron chi connectivity index (χ0n) is 15.0.